The van der Waals surface area contributed by atoms with Gasteiger partial charge in [0.25, 0.3) is 0 Å². The molecule has 8 heteroatoms. The summed E-state index contributed by atoms with van der Waals surface area (Å²) in [5.74, 6) is 3.25. The molecule has 1 rings (SSSR count). The molecule has 1 aromatic carbocycles. The van der Waals surface area contributed by atoms with Crippen LogP contribution in [-0.2, 0) is 9.53 Å². The highest BCUT2D eigenvalue weighted by molar-refractivity contribution is 6.50. The van der Waals surface area contributed by atoms with E-state index in [-0.39, 0.29) is 33.3 Å². The van der Waals surface area contributed by atoms with Gasteiger partial charge in [-0.1, -0.05) is 43.9 Å². The van der Waals surface area contributed by atoms with Crippen molar-refractivity contribution in [2.24, 2.45) is 0 Å². The van der Waals surface area contributed by atoms with Crippen molar-refractivity contribution < 1.29 is 48.0 Å². The number of carbonyl (C=O) groups excluding carboxylic acids is 1. The third-order valence-electron chi connectivity index (χ3n) is 3.26. The first-order valence-corrected chi connectivity index (χ1v) is 11.6. The van der Waals surface area contributed by atoms with E-state index in [4.69, 9.17) is 4.74 Å². The highest BCUT2D eigenvalue weighted by Gasteiger charge is 2.20. The van der Waals surface area contributed by atoms with Crippen LogP contribution in [0.3, 0.4) is 0 Å². The number of unbranched alkanes of at least 4 members (excludes halogenated alkanes) is 6. The molecule has 0 fully saturated rings. The minimum Gasteiger partial charge on any atom is -0.463 e. The van der Waals surface area contributed by atoms with E-state index in [1.165, 1.54) is 29.3 Å². The second-order valence-corrected chi connectivity index (χ2v) is 8.64. The SMILES string of the molecule is CC(C)OC(=O)CCCCCCCCC#C[I+]c1ccccc1.F[B-](F)(F)F. The second kappa shape index (κ2) is 16.7. The summed E-state index contributed by atoms with van der Waals surface area (Å²) in [7, 11) is -6.00. The first-order chi connectivity index (χ1) is 13.2. The van der Waals surface area contributed by atoms with Crippen LogP contribution >= 0.6 is 0 Å². The topological polar surface area (TPSA) is 26.3 Å². The van der Waals surface area contributed by atoms with Gasteiger partial charge in [0.05, 0.1) is 6.10 Å². The first kappa shape index (κ1) is 26.8. The highest BCUT2D eigenvalue weighted by atomic mass is 127. The molecule has 0 saturated heterocycles. The zero-order valence-corrected chi connectivity index (χ0v) is 18.6. The van der Waals surface area contributed by atoms with Gasteiger partial charge in [-0.2, -0.15) is 0 Å². The normalized spacial score (nSPS) is 10.5. The second-order valence-electron chi connectivity index (χ2n) is 6.32. The number of benzene rings is 1. The van der Waals surface area contributed by atoms with Gasteiger partial charge in [-0.25, -0.2) is 0 Å². The Bertz CT molecular complexity index is 577. The zero-order chi connectivity index (χ0) is 21.3. The molecular formula is C20H28BF4IO2. The van der Waals surface area contributed by atoms with Crippen LogP contribution in [0.25, 0.3) is 0 Å². The number of hydrogen-bond donors (Lipinski definition) is 0. The summed E-state index contributed by atoms with van der Waals surface area (Å²) in [5.41, 5.74) is 0. The lowest BCUT2D eigenvalue weighted by Gasteiger charge is -2.07. The molecule has 0 aromatic heterocycles. The lowest BCUT2D eigenvalue weighted by atomic mass is 10.1. The van der Waals surface area contributed by atoms with Crippen molar-refractivity contribution in [2.45, 2.75) is 71.3 Å². The van der Waals surface area contributed by atoms with Gasteiger partial charge in [-0.15, -0.1) is 0 Å². The van der Waals surface area contributed by atoms with Crippen LogP contribution in [-0.4, -0.2) is 19.3 Å². The van der Waals surface area contributed by atoms with Crippen molar-refractivity contribution in [1.82, 2.24) is 0 Å². The van der Waals surface area contributed by atoms with Crippen LogP contribution < -0.4 is 21.2 Å². The van der Waals surface area contributed by atoms with Crippen LogP contribution in [0.5, 0.6) is 0 Å². The minimum atomic E-state index is -6.00. The molecule has 0 N–H and O–H groups in total. The van der Waals surface area contributed by atoms with Gasteiger partial charge in [0.1, 0.15) is 0 Å². The summed E-state index contributed by atoms with van der Waals surface area (Å²) >= 11 is -0.126. The molecular weight excluding hydrogens is 486 g/mol. The maximum Gasteiger partial charge on any atom is 0.673 e. The lowest BCUT2D eigenvalue weighted by Crippen LogP contribution is -3.59. The molecule has 0 saturated carbocycles. The Labute approximate surface area is 176 Å². The number of rotatable bonds is 10. The summed E-state index contributed by atoms with van der Waals surface area (Å²) in [6.45, 7) is 3.78. The molecule has 158 valence electrons. The summed E-state index contributed by atoms with van der Waals surface area (Å²) in [6.07, 6.45) is 8.56. The van der Waals surface area contributed by atoms with E-state index in [2.05, 4.69) is 34.1 Å². The maximum atomic E-state index is 11.4. The molecule has 0 radical (unpaired) electrons. The number of hydrogen-bond acceptors (Lipinski definition) is 2. The van der Waals surface area contributed by atoms with Crippen LogP contribution in [0.4, 0.5) is 17.3 Å². The fourth-order valence-corrected chi connectivity index (χ4v) is 3.67. The van der Waals surface area contributed by atoms with Crippen molar-refractivity contribution in [2.75, 3.05) is 0 Å². The molecule has 0 heterocycles. The van der Waals surface area contributed by atoms with Gasteiger partial charge in [0.15, 0.2) is 3.93 Å². The molecule has 1 aromatic rings. The Morgan fingerprint density at radius 1 is 1.00 bits per heavy atom. The van der Waals surface area contributed by atoms with E-state index >= 15 is 0 Å². The molecule has 28 heavy (non-hydrogen) atoms. The lowest BCUT2D eigenvalue weighted by molar-refractivity contribution is -0.535. The Hall–Kier alpha value is -1.24. The number of halogens is 5. The van der Waals surface area contributed by atoms with Crippen molar-refractivity contribution in [3.63, 3.8) is 0 Å². The van der Waals surface area contributed by atoms with Gasteiger partial charge >= 0.3 is 34.4 Å². The smallest absolute Gasteiger partial charge is 0.463 e. The number of esters is 1. The molecule has 0 bridgehead atoms. The number of ether oxygens (including phenoxy) is 1. The number of carbonyl (C=O) groups is 1. The van der Waals surface area contributed by atoms with Crippen molar-refractivity contribution in [3.8, 4) is 9.85 Å². The van der Waals surface area contributed by atoms with Gasteiger partial charge in [0, 0.05) is 12.8 Å². The van der Waals surface area contributed by atoms with Gasteiger partial charge in [-0.05, 0) is 44.7 Å². The van der Waals surface area contributed by atoms with Crippen molar-refractivity contribution in [3.05, 3.63) is 33.9 Å². The highest BCUT2D eigenvalue weighted by Crippen LogP contribution is 2.09. The maximum absolute atomic E-state index is 11.4. The summed E-state index contributed by atoms with van der Waals surface area (Å²) in [5, 5.41) is 0. The van der Waals surface area contributed by atoms with Crippen molar-refractivity contribution >= 4 is 13.2 Å². The Balaban J connectivity index is 0.00000129. The van der Waals surface area contributed by atoms with Gasteiger partial charge in [-0.3, -0.25) is 4.79 Å². The monoisotopic (exact) mass is 514 g/mol. The predicted octanol–water partition coefficient (Wildman–Crippen LogP) is 3.28. The average Bonchev–Trinajstić information content (AvgIpc) is 2.58. The van der Waals surface area contributed by atoms with E-state index in [1.54, 1.807) is 0 Å². The minimum absolute atomic E-state index is 0.00734. The Morgan fingerprint density at radius 2 is 1.54 bits per heavy atom. The first-order valence-electron chi connectivity index (χ1n) is 9.42. The van der Waals surface area contributed by atoms with Crippen LogP contribution in [0, 0.1) is 13.4 Å². The van der Waals surface area contributed by atoms with Crippen LogP contribution in [0.2, 0.25) is 0 Å². The quantitative estimate of drug-likeness (QED) is 0.120. The largest absolute Gasteiger partial charge is 0.673 e. The third kappa shape index (κ3) is 22.8. The Morgan fingerprint density at radius 3 is 2.11 bits per heavy atom. The fraction of sp³-hybridized carbons (Fsp3) is 0.550. The van der Waals surface area contributed by atoms with Crippen LogP contribution in [0.15, 0.2) is 30.3 Å². The molecule has 2 nitrogen and oxygen atoms in total. The molecule has 0 aliphatic heterocycles. The van der Waals surface area contributed by atoms with E-state index in [0.717, 1.165) is 19.3 Å². The van der Waals surface area contributed by atoms with E-state index in [0.29, 0.717) is 6.42 Å². The average molecular weight is 514 g/mol. The summed E-state index contributed by atoms with van der Waals surface area (Å²) < 4.78 is 48.9. The standard InChI is InChI=1S/C20H28IO2.BF4/c1-18(2)23-20(22)16-12-7-5-3-4-6-8-13-17-21-19-14-10-9-11-15-19;2-1(3,4)5/h9-11,14-15,18H,3-8,12,16H2,1-2H3;/q+1;-1. The summed E-state index contributed by atoms with van der Waals surface area (Å²) in [6, 6.07) is 10.5. The Kier molecular flexibility index (Phi) is 16.0. The molecule has 0 aliphatic carbocycles. The summed E-state index contributed by atoms with van der Waals surface area (Å²) in [4.78, 5) is 11.4. The molecule has 0 atom stereocenters. The molecule has 0 amide bonds. The van der Waals surface area contributed by atoms with E-state index < -0.39 is 7.25 Å². The predicted molar refractivity (Wildman–Crippen MR) is 101 cm³/mol. The van der Waals surface area contributed by atoms with Gasteiger partial charge in [0.2, 0.25) is 3.57 Å². The van der Waals surface area contributed by atoms with Crippen molar-refractivity contribution in [1.29, 1.82) is 0 Å². The zero-order valence-electron chi connectivity index (χ0n) is 16.4. The van der Waals surface area contributed by atoms with Gasteiger partial charge < -0.3 is 22.0 Å². The molecule has 0 aliphatic rings. The van der Waals surface area contributed by atoms with Crippen LogP contribution in [0.1, 0.15) is 65.2 Å². The third-order valence-corrected chi connectivity index (χ3v) is 5.25. The molecule has 0 spiro atoms. The van der Waals surface area contributed by atoms with E-state index in [9.17, 15) is 22.1 Å². The van der Waals surface area contributed by atoms with E-state index in [1.807, 2.05) is 19.9 Å². The molecule has 0 unspecified atom stereocenters. The fourth-order valence-electron chi connectivity index (χ4n) is 2.12.